The number of fused-ring (bicyclic) bond motifs is 1. The van der Waals surface area contributed by atoms with E-state index in [1.165, 1.54) is 16.7 Å². The zero-order valence-electron chi connectivity index (χ0n) is 13.7. The molecular formula is C18H22N4. The van der Waals surface area contributed by atoms with Gasteiger partial charge in [-0.05, 0) is 18.9 Å². The molecule has 0 saturated heterocycles. The standard InChI is InChI=1S/C18H22N4/c1-5-15-12-19-22-17(21(3)4)11-16(20-18(15)22)10-14-8-6-13(2)7-9-14/h6-9,11-12H,5,10H2,1-4H3. The number of anilines is 1. The predicted octanol–water partition coefficient (Wildman–Crippen LogP) is 3.26. The number of hydrogen-bond acceptors (Lipinski definition) is 3. The Morgan fingerprint density at radius 2 is 1.86 bits per heavy atom. The van der Waals surface area contributed by atoms with Crippen LogP contribution in [-0.2, 0) is 12.8 Å². The van der Waals surface area contributed by atoms with E-state index in [0.29, 0.717) is 0 Å². The van der Waals surface area contributed by atoms with Crippen molar-refractivity contribution < 1.29 is 0 Å². The van der Waals surface area contributed by atoms with Gasteiger partial charge in [-0.3, -0.25) is 0 Å². The maximum Gasteiger partial charge on any atom is 0.160 e. The van der Waals surface area contributed by atoms with Gasteiger partial charge in [-0.25, -0.2) is 4.98 Å². The molecular weight excluding hydrogens is 272 g/mol. The van der Waals surface area contributed by atoms with E-state index in [-0.39, 0.29) is 0 Å². The molecule has 0 aliphatic carbocycles. The van der Waals surface area contributed by atoms with Crippen LogP contribution in [0.15, 0.2) is 36.5 Å². The Hall–Kier alpha value is -2.36. The van der Waals surface area contributed by atoms with E-state index < -0.39 is 0 Å². The third kappa shape index (κ3) is 2.69. The molecule has 22 heavy (non-hydrogen) atoms. The van der Waals surface area contributed by atoms with E-state index in [9.17, 15) is 0 Å². The Morgan fingerprint density at radius 1 is 1.14 bits per heavy atom. The van der Waals surface area contributed by atoms with Crippen molar-refractivity contribution in [3.63, 3.8) is 0 Å². The van der Waals surface area contributed by atoms with Crippen LogP contribution in [0, 0.1) is 6.92 Å². The number of hydrogen-bond donors (Lipinski definition) is 0. The van der Waals surface area contributed by atoms with Crippen molar-refractivity contribution in [2.75, 3.05) is 19.0 Å². The van der Waals surface area contributed by atoms with Gasteiger partial charge in [-0.2, -0.15) is 9.61 Å². The Kier molecular flexibility index (Phi) is 3.84. The third-order valence-corrected chi connectivity index (χ3v) is 3.92. The summed E-state index contributed by atoms with van der Waals surface area (Å²) in [4.78, 5) is 6.92. The molecule has 0 N–H and O–H groups in total. The minimum atomic E-state index is 0.839. The van der Waals surface area contributed by atoms with Crippen molar-refractivity contribution in [1.29, 1.82) is 0 Å². The van der Waals surface area contributed by atoms with Gasteiger partial charge in [-0.1, -0.05) is 36.8 Å². The molecule has 1 aromatic carbocycles. The van der Waals surface area contributed by atoms with Crippen LogP contribution in [0.3, 0.4) is 0 Å². The minimum absolute atomic E-state index is 0.839. The lowest BCUT2D eigenvalue weighted by molar-refractivity contribution is 0.881. The molecule has 0 amide bonds. The molecule has 0 atom stereocenters. The first kappa shape index (κ1) is 14.6. The molecule has 0 radical (unpaired) electrons. The number of aryl methyl sites for hydroxylation is 2. The summed E-state index contributed by atoms with van der Waals surface area (Å²) in [5, 5.41) is 4.48. The summed E-state index contributed by atoms with van der Waals surface area (Å²) in [5.41, 5.74) is 5.80. The van der Waals surface area contributed by atoms with E-state index in [4.69, 9.17) is 4.98 Å². The van der Waals surface area contributed by atoms with Gasteiger partial charge in [0.1, 0.15) is 5.82 Å². The normalized spacial score (nSPS) is 11.1. The fourth-order valence-corrected chi connectivity index (χ4v) is 2.61. The fraction of sp³-hybridized carbons (Fsp3) is 0.333. The lowest BCUT2D eigenvalue weighted by atomic mass is 10.1. The monoisotopic (exact) mass is 294 g/mol. The largest absolute Gasteiger partial charge is 0.363 e. The van der Waals surface area contributed by atoms with E-state index in [0.717, 1.165) is 30.0 Å². The van der Waals surface area contributed by atoms with Crippen LogP contribution in [-0.4, -0.2) is 28.7 Å². The third-order valence-electron chi connectivity index (χ3n) is 3.92. The van der Waals surface area contributed by atoms with Gasteiger partial charge in [-0.15, -0.1) is 0 Å². The van der Waals surface area contributed by atoms with Crippen LogP contribution >= 0.6 is 0 Å². The first-order valence-corrected chi connectivity index (χ1v) is 7.68. The molecule has 114 valence electrons. The Bertz CT molecular complexity index is 785. The van der Waals surface area contributed by atoms with Gasteiger partial charge >= 0.3 is 0 Å². The lowest BCUT2D eigenvalue weighted by Gasteiger charge is -2.15. The summed E-state index contributed by atoms with van der Waals surface area (Å²) >= 11 is 0. The van der Waals surface area contributed by atoms with Gasteiger partial charge in [0.05, 0.1) is 11.9 Å². The number of rotatable bonds is 4. The van der Waals surface area contributed by atoms with Crippen LogP contribution in [0.5, 0.6) is 0 Å². The molecule has 0 fully saturated rings. The van der Waals surface area contributed by atoms with Crippen LogP contribution in [0.1, 0.15) is 29.3 Å². The molecule has 2 aromatic heterocycles. The van der Waals surface area contributed by atoms with Crippen molar-refractivity contribution in [2.45, 2.75) is 26.7 Å². The van der Waals surface area contributed by atoms with Gasteiger partial charge in [0.2, 0.25) is 0 Å². The zero-order chi connectivity index (χ0) is 15.7. The van der Waals surface area contributed by atoms with Gasteiger partial charge < -0.3 is 4.90 Å². The van der Waals surface area contributed by atoms with Gasteiger partial charge in [0.15, 0.2) is 5.65 Å². The second-order valence-electron chi connectivity index (χ2n) is 5.92. The van der Waals surface area contributed by atoms with Crippen molar-refractivity contribution in [2.24, 2.45) is 0 Å². The van der Waals surface area contributed by atoms with E-state index in [1.54, 1.807) is 0 Å². The van der Waals surface area contributed by atoms with Crippen LogP contribution in [0.25, 0.3) is 5.65 Å². The first-order valence-electron chi connectivity index (χ1n) is 7.68. The van der Waals surface area contributed by atoms with Crippen molar-refractivity contribution in [3.8, 4) is 0 Å². The summed E-state index contributed by atoms with van der Waals surface area (Å²) in [7, 11) is 4.08. The molecule has 0 aliphatic rings. The molecule has 4 nitrogen and oxygen atoms in total. The zero-order valence-corrected chi connectivity index (χ0v) is 13.7. The first-order chi connectivity index (χ1) is 10.6. The average Bonchev–Trinajstić information content (AvgIpc) is 2.91. The Labute approximate surface area is 131 Å². The van der Waals surface area contributed by atoms with Crippen molar-refractivity contribution in [1.82, 2.24) is 14.6 Å². The second kappa shape index (κ2) is 5.79. The number of aromatic nitrogens is 3. The summed E-state index contributed by atoms with van der Waals surface area (Å²) in [6, 6.07) is 10.8. The minimum Gasteiger partial charge on any atom is -0.363 e. The van der Waals surface area contributed by atoms with Crippen LogP contribution in [0.4, 0.5) is 5.82 Å². The highest BCUT2D eigenvalue weighted by atomic mass is 15.3. The van der Waals surface area contributed by atoms with Crippen molar-refractivity contribution >= 4 is 11.5 Å². The second-order valence-corrected chi connectivity index (χ2v) is 5.92. The summed E-state index contributed by atoms with van der Waals surface area (Å²) in [5.74, 6) is 1.06. The highest BCUT2D eigenvalue weighted by molar-refractivity contribution is 5.55. The van der Waals surface area contributed by atoms with Gasteiger partial charge in [0.25, 0.3) is 0 Å². The SMILES string of the molecule is CCc1cnn2c(N(C)C)cc(Cc3ccc(C)cc3)nc12. The fourth-order valence-electron chi connectivity index (χ4n) is 2.61. The summed E-state index contributed by atoms with van der Waals surface area (Å²) in [6.45, 7) is 4.25. The Morgan fingerprint density at radius 3 is 2.50 bits per heavy atom. The number of nitrogens with zero attached hydrogens (tertiary/aromatic N) is 4. The molecule has 0 aliphatic heterocycles. The Balaban J connectivity index is 2.07. The molecule has 0 spiro atoms. The maximum atomic E-state index is 4.84. The van der Waals surface area contributed by atoms with Gasteiger partial charge in [0, 0.05) is 32.1 Å². The molecule has 0 bridgehead atoms. The summed E-state index contributed by atoms with van der Waals surface area (Å²) < 4.78 is 1.93. The van der Waals surface area contributed by atoms with Crippen LogP contribution < -0.4 is 4.90 Å². The molecule has 0 unspecified atom stereocenters. The highest BCUT2D eigenvalue weighted by Gasteiger charge is 2.12. The van der Waals surface area contributed by atoms with Crippen LogP contribution in [0.2, 0.25) is 0 Å². The number of benzene rings is 1. The van der Waals surface area contributed by atoms with E-state index in [1.807, 2.05) is 24.8 Å². The van der Waals surface area contributed by atoms with E-state index >= 15 is 0 Å². The molecule has 4 heteroatoms. The van der Waals surface area contributed by atoms with Crippen molar-refractivity contribution in [3.05, 3.63) is 58.9 Å². The predicted molar refractivity (Wildman–Crippen MR) is 90.7 cm³/mol. The molecule has 2 heterocycles. The topological polar surface area (TPSA) is 33.4 Å². The molecule has 0 saturated carbocycles. The highest BCUT2D eigenvalue weighted by Crippen LogP contribution is 2.20. The molecule has 3 aromatic rings. The average molecular weight is 294 g/mol. The molecule has 3 rings (SSSR count). The lowest BCUT2D eigenvalue weighted by Crippen LogP contribution is -2.15. The van der Waals surface area contributed by atoms with E-state index in [2.05, 4.69) is 54.2 Å². The maximum absolute atomic E-state index is 4.84. The smallest absolute Gasteiger partial charge is 0.160 e. The summed E-state index contributed by atoms with van der Waals surface area (Å²) in [6.07, 6.45) is 3.70. The quantitative estimate of drug-likeness (QED) is 0.740.